The zero-order valence-corrected chi connectivity index (χ0v) is 13.1. The van der Waals surface area contributed by atoms with Gasteiger partial charge in [0.15, 0.2) is 5.11 Å². The fraction of sp³-hybridized carbons (Fsp3) is 0.562. The molecule has 3 heteroatoms. The van der Waals surface area contributed by atoms with Gasteiger partial charge < -0.3 is 10.6 Å². The third kappa shape index (κ3) is 6.58. The minimum Gasteiger partial charge on any atom is -0.360 e. The van der Waals surface area contributed by atoms with Crippen molar-refractivity contribution in [1.29, 1.82) is 0 Å². The monoisotopic (exact) mass is 278 g/mol. The van der Waals surface area contributed by atoms with Crippen molar-refractivity contribution in [3.8, 4) is 0 Å². The molecule has 1 aromatic rings. The van der Waals surface area contributed by atoms with Crippen LogP contribution in [-0.2, 0) is 6.42 Å². The minimum absolute atomic E-state index is 0.432. The molecule has 0 saturated heterocycles. The maximum Gasteiger partial charge on any atom is 0.170 e. The maximum absolute atomic E-state index is 5.33. The lowest BCUT2D eigenvalue weighted by Crippen LogP contribution is -2.35. The molecule has 0 aromatic heterocycles. The molecule has 1 rings (SSSR count). The van der Waals surface area contributed by atoms with Gasteiger partial charge in [0.25, 0.3) is 0 Å². The minimum atomic E-state index is 0.432. The third-order valence-electron chi connectivity index (χ3n) is 3.24. The highest BCUT2D eigenvalue weighted by atomic mass is 32.1. The first kappa shape index (κ1) is 16.0. The fourth-order valence-corrected chi connectivity index (χ4v) is 2.31. The largest absolute Gasteiger partial charge is 0.360 e. The number of anilines is 1. The van der Waals surface area contributed by atoms with Gasteiger partial charge in [-0.2, -0.15) is 0 Å². The number of nitrogens with one attached hydrogen (secondary N) is 2. The first-order chi connectivity index (χ1) is 9.15. The SMILES string of the molecule is CCCCCC(C)NC(=S)Nc1ccc(CC)cc1. The molecule has 1 unspecified atom stereocenters. The summed E-state index contributed by atoms with van der Waals surface area (Å²) in [4.78, 5) is 0. The molecule has 0 fully saturated rings. The first-order valence-electron chi connectivity index (χ1n) is 7.32. The van der Waals surface area contributed by atoms with Crippen molar-refractivity contribution in [1.82, 2.24) is 5.32 Å². The summed E-state index contributed by atoms with van der Waals surface area (Å²) in [6.45, 7) is 6.57. The fourth-order valence-electron chi connectivity index (χ4n) is 1.99. The van der Waals surface area contributed by atoms with Crippen molar-refractivity contribution in [2.45, 2.75) is 58.9 Å². The summed E-state index contributed by atoms with van der Waals surface area (Å²) in [5.41, 5.74) is 2.40. The normalized spacial score (nSPS) is 11.9. The number of hydrogen-bond acceptors (Lipinski definition) is 1. The molecular weight excluding hydrogens is 252 g/mol. The van der Waals surface area contributed by atoms with E-state index in [0.717, 1.165) is 12.1 Å². The molecule has 106 valence electrons. The van der Waals surface area contributed by atoms with Crippen LogP contribution in [0, 0.1) is 0 Å². The average Bonchev–Trinajstić information content (AvgIpc) is 2.39. The molecule has 0 aliphatic carbocycles. The van der Waals surface area contributed by atoms with Crippen LogP contribution in [0.25, 0.3) is 0 Å². The van der Waals surface area contributed by atoms with Crippen LogP contribution in [0.3, 0.4) is 0 Å². The van der Waals surface area contributed by atoms with Gasteiger partial charge in [0, 0.05) is 11.7 Å². The van der Waals surface area contributed by atoms with E-state index >= 15 is 0 Å². The molecule has 0 saturated carbocycles. The highest BCUT2D eigenvalue weighted by Crippen LogP contribution is 2.10. The average molecular weight is 278 g/mol. The topological polar surface area (TPSA) is 24.1 Å². The van der Waals surface area contributed by atoms with Crippen LogP contribution in [0.1, 0.15) is 52.0 Å². The van der Waals surface area contributed by atoms with Gasteiger partial charge in [-0.05, 0) is 49.7 Å². The zero-order chi connectivity index (χ0) is 14.1. The first-order valence-corrected chi connectivity index (χ1v) is 7.73. The summed E-state index contributed by atoms with van der Waals surface area (Å²) in [6.07, 6.45) is 6.06. The van der Waals surface area contributed by atoms with E-state index in [2.05, 4.69) is 55.7 Å². The zero-order valence-electron chi connectivity index (χ0n) is 12.3. The van der Waals surface area contributed by atoms with E-state index in [1.165, 1.54) is 31.2 Å². The Labute approximate surface area is 123 Å². The Morgan fingerprint density at radius 3 is 2.42 bits per heavy atom. The Hall–Kier alpha value is -1.09. The van der Waals surface area contributed by atoms with E-state index in [1.54, 1.807) is 0 Å². The molecule has 0 bridgehead atoms. The summed E-state index contributed by atoms with van der Waals surface area (Å²) < 4.78 is 0. The number of hydrogen-bond donors (Lipinski definition) is 2. The third-order valence-corrected chi connectivity index (χ3v) is 3.46. The second-order valence-corrected chi connectivity index (χ2v) is 5.45. The molecule has 1 atom stereocenters. The van der Waals surface area contributed by atoms with E-state index in [-0.39, 0.29) is 0 Å². The van der Waals surface area contributed by atoms with Crippen LogP contribution in [0.4, 0.5) is 5.69 Å². The molecule has 1 aromatic carbocycles. The lowest BCUT2D eigenvalue weighted by Gasteiger charge is -2.17. The Morgan fingerprint density at radius 2 is 1.84 bits per heavy atom. The van der Waals surface area contributed by atoms with E-state index in [1.807, 2.05) is 0 Å². The summed E-state index contributed by atoms with van der Waals surface area (Å²) in [7, 11) is 0. The molecule has 19 heavy (non-hydrogen) atoms. The predicted octanol–water partition coefficient (Wildman–Crippen LogP) is 4.50. The Kier molecular flexibility index (Phi) is 7.49. The molecule has 0 spiro atoms. The highest BCUT2D eigenvalue weighted by molar-refractivity contribution is 7.80. The van der Waals surface area contributed by atoms with E-state index in [0.29, 0.717) is 11.2 Å². The smallest absolute Gasteiger partial charge is 0.170 e. The van der Waals surface area contributed by atoms with Crippen LogP contribution in [-0.4, -0.2) is 11.2 Å². The van der Waals surface area contributed by atoms with Gasteiger partial charge in [-0.25, -0.2) is 0 Å². The van der Waals surface area contributed by atoms with Crippen LogP contribution >= 0.6 is 12.2 Å². The van der Waals surface area contributed by atoms with Crippen molar-refractivity contribution >= 4 is 23.0 Å². The molecule has 0 aliphatic rings. The molecule has 0 amide bonds. The Morgan fingerprint density at radius 1 is 1.16 bits per heavy atom. The van der Waals surface area contributed by atoms with Crippen molar-refractivity contribution in [2.24, 2.45) is 0 Å². The molecule has 0 radical (unpaired) electrons. The van der Waals surface area contributed by atoms with Gasteiger partial charge in [-0.15, -0.1) is 0 Å². The maximum atomic E-state index is 5.33. The van der Waals surface area contributed by atoms with Crippen LogP contribution in [0.2, 0.25) is 0 Å². The number of benzene rings is 1. The quantitative estimate of drug-likeness (QED) is 0.567. The lowest BCUT2D eigenvalue weighted by atomic mass is 10.1. The van der Waals surface area contributed by atoms with Gasteiger partial charge in [-0.3, -0.25) is 0 Å². The van der Waals surface area contributed by atoms with E-state index in [9.17, 15) is 0 Å². The van der Waals surface area contributed by atoms with Gasteiger partial charge >= 0.3 is 0 Å². The van der Waals surface area contributed by atoms with Gasteiger partial charge in [0.1, 0.15) is 0 Å². The number of rotatable bonds is 7. The standard InChI is InChI=1S/C16H26N2S/c1-4-6-7-8-13(3)17-16(19)18-15-11-9-14(5-2)10-12-15/h9-13H,4-8H2,1-3H3,(H2,17,18,19). The van der Waals surface area contributed by atoms with Gasteiger partial charge in [-0.1, -0.05) is 45.2 Å². The predicted molar refractivity (Wildman–Crippen MR) is 88.8 cm³/mol. The molecule has 0 heterocycles. The number of thiocarbonyl (C=S) groups is 1. The molecule has 0 aliphatic heterocycles. The molecular formula is C16H26N2S. The van der Waals surface area contributed by atoms with E-state index < -0.39 is 0 Å². The Bertz CT molecular complexity index is 373. The summed E-state index contributed by atoms with van der Waals surface area (Å²) >= 11 is 5.33. The van der Waals surface area contributed by atoms with Crippen molar-refractivity contribution in [2.75, 3.05) is 5.32 Å². The second-order valence-electron chi connectivity index (χ2n) is 5.05. The summed E-state index contributed by atoms with van der Waals surface area (Å²) in [6, 6.07) is 8.86. The Balaban J connectivity index is 2.33. The van der Waals surface area contributed by atoms with Gasteiger partial charge in [0.05, 0.1) is 0 Å². The highest BCUT2D eigenvalue weighted by Gasteiger charge is 2.04. The van der Waals surface area contributed by atoms with Gasteiger partial charge in [0.2, 0.25) is 0 Å². The summed E-state index contributed by atoms with van der Waals surface area (Å²) in [5, 5.41) is 7.29. The second kappa shape index (κ2) is 8.92. The number of unbranched alkanes of at least 4 members (excludes halogenated alkanes) is 2. The van der Waals surface area contributed by atoms with Crippen molar-refractivity contribution < 1.29 is 0 Å². The van der Waals surface area contributed by atoms with Crippen LogP contribution < -0.4 is 10.6 Å². The lowest BCUT2D eigenvalue weighted by molar-refractivity contribution is 0.556. The van der Waals surface area contributed by atoms with Crippen molar-refractivity contribution in [3.05, 3.63) is 29.8 Å². The van der Waals surface area contributed by atoms with Crippen molar-refractivity contribution in [3.63, 3.8) is 0 Å². The van der Waals surface area contributed by atoms with Crippen LogP contribution in [0.15, 0.2) is 24.3 Å². The summed E-state index contributed by atoms with van der Waals surface area (Å²) in [5.74, 6) is 0. The molecule has 2 nitrogen and oxygen atoms in total. The molecule has 2 N–H and O–H groups in total. The van der Waals surface area contributed by atoms with E-state index in [4.69, 9.17) is 12.2 Å². The van der Waals surface area contributed by atoms with Crippen LogP contribution in [0.5, 0.6) is 0 Å². The number of aryl methyl sites for hydroxylation is 1.